The van der Waals surface area contributed by atoms with Crippen molar-refractivity contribution in [1.29, 1.82) is 0 Å². The maximum Gasteiger partial charge on any atom is 0.240 e. The van der Waals surface area contributed by atoms with E-state index in [2.05, 4.69) is 42.6 Å². The molecule has 3 aromatic carbocycles. The van der Waals surface area contributed by atoms with Crippen LogP contribution in [0.4, 0.5) is 5.82 Å². The SMILES string of the molecule is CC[C@H](C)NC(=O)CN1C(=O)CS[C@@H](c2cccc(C)c2)c2c(-c3ccccc3)nn(-c3cccc(C)c3)c21. The summed E-state index contributed by atoms with van der Waals surface area (Å²) in [5, 5.41) is 8.06. The Morgan fingerprint density at radius 3 is 2.44 bits per heavy atom. The number of hydrogen-bond donors (Lipinski definition) is 1. The number of aromatic nitrogens is 2. The van der Waals surface area contributed by atoms with Crippen molar-refractivity contribution in [1.82, 2.24) is 15.1 Å². The van der Waals surface area contributed by atoms with Gasteiger partial charge in [0.2, 0.25) is 11.8 Å². The van der Waals surface area contributed by atoms with Gasteiger partial charge in [-0.25, -0.2) is 4.68 Å². The van der Waals surface area contributed by atoms with E-state index in [9.17, 15) is 9.59 Å². The molecular weight excluding hydrogens is 504 g/mol. The van der Waals surface area contributed by atoms with Crippen LogP contribution in [-0.4, -0.2) is 39.9 Å². The van der Waals surface area contributed by atoms with Crippen LogP contribution < -0.4 is 10.2 Å². The molecule has 2 amide bonds. The Kier molecular flexibility index (Phi) is 7.89. The number of benzene rings is 3. The molecule has 0 saturated heterocycles. The van der Waals surface area contributed by atoms with Gasteiger partial charge in [0, 0.05) is 17.2 Å². The van der Waals surface area contributed by atoms with Gasteiger partial charge >= 0.3 is 0 Å². The second kappa shape index (κ2) is 11.5. The summed E-state index contributed by atoms with van der Waals surface area (Å²) in [4.78, 5) is 28.6. The van der Waals surface area contributed by atoms with Crippen LogP contribution in [0.3, 0.4) is 0 Å². The molecule has 0 saturated carbocycles. The zero-order valence-electron chi connectivity index (χ0n) is 22.8. The molecule has 0 radical (unpaired) electrons. The lowest BCUT2D eigenvalue weighted by atomic mass is 9.98. The van der Waals surface area contributed by atoms with Gasteiger partial charge in [0.05, 0.1) is 22.4 Å². The van der Waals surface area contributed by atoms with Gasteiger partial charge in [-0.3, -0.25) is 14.5 Å². The van der Waals surface area contributed by atoms with E-state index in [1.807, 2.05) is 74.0 Å². The summed E-state index contributed by atoms with van der Waals surface area (Å²) in [6, 6.07) is 26.6. The third-order valence-corrected chi connectivity index (χ3v) is 8.30. The molecule has 1 aliphatic heterocycles. The lowest BCUT2D eigenvalue weighted by Crippen LogP contribution is -2.44. The fourth-order valence-electron chi connectivity index (χ4n) is 4.93. The van der Waals surface area contributed by atoms with Crippen LogP contribution in [0.15, 0.2) is 78.9 Å². The van der Waals surface area contributed by atoms with Crippen molar-refractivity contribution in [2.75, 3.05) is 17.2 Å². The Bertz CT molecular complexity index is 1500. The van der Waals surface area contributed by atoms with Gasteiger partial charge in [0.1, 0.15) is 12.4 Å². The minimum Gasteiger partial charge on any atom is -0.352 e. The fraction of sp³-hybridized carbons (Fsp3) is 0.281. The Hall–Kier alpha value is -3.84. The first-order valence-corrected chi connectivity index (χ1v) is 14.4. The highest BCUT2D eigenvalue weighted by molar-refractivity contribution is 8.00. The highest BCUT2D eigenvalue weighted by atomic mass is 32.2. The van der Waals surface area contributed by atoms with E-state index in [1.54, 1.807) is 16.7 Å². The van der Waals surface area contributed by atoms with Crippen molar-refractivity contribution in [2.24, 2.45) is 0 Å². The quantitative estimate of drug-likeness (QED) is 0.302. The Balaban J connectivity index is 1.78. The summed E-state index contributed by atoms with van der Waals surface area (Å²) < 4.78 is 1.85. The zero-order valence-corrected chi connectivity index (χ0v) is 23.7. The molecule has 2 atom stereocenters. The lowest BCUT2D eigenvalue weighted by molar-refractivity contribution is -0.123. The summed E-state index contributed by atoms with van der Waals surface area (Å²) >= 11 is 1.59. The van der Waals surface area contributed by atoms with Crippen molar-refractivity contribution in [3.05, 3.63) is 101 Å². The van der Waals surface area contributed by atoms with Gasteiger partial charge in [-0.1, -0.05) is 79.2 Å². The fourth-order valence-corrected chi connectivity index (χ4v) is 6.12. The molecule has 0 bridgehead atoms. The number of amides is 2. The first-order valence-electron chi connectivity index (χ1n) is 13.4. The zero-order chi connectivity index (χ0) is 27.5. The third kappa shape index (κ3) is 5.64. The van der Waals surface area contributed by atoms with E-state index >= 15 is 0 Å². The molecule has 6 nitrogen and oxygen atoms in total. The van der Waals surface area contributed by atoms with Crippen LogP contribution in [0.5, 0.6) is 0 Å². The Morgan fingerprint density at radius 2 is 1.74 bits per heavy atom. The molecule has 4 aromatic rings. The monoisotopic (exact) mass is 538 g/mol. The van der Waals surface area contributed by atoms with Crippen LogP contribution in [0.25, 0.3) is 16.9 Å². The van der Waals surface area contributed by atoms with E-state index in [4.69, 9.17) is 5.10 Å². The molecule has 0 unspecified atom stereocenters. The normalized spacial score (nSPS) is 15.9. The highest BCUT2D eigenvalue weighted by Crippen LogP contribution is 2.48. The molecule has 2 heterocycles. The number of nitrogens with zero attached hydrogens (tertiary/aromatic N) is 3. The van der Waals surface area contributed by atoms with Crippen molar-refractivity contribution in [3.63, 3.8) is 0 Å². The molecule has 0 aliphatic carbocycles. The Labute approximate surface area is 234 Å². The summed E-state index contributed by atoms with van der Waals surface area (Å²) in [7, 11) is 0. The molecule has 1 aromatic heterocycles. The van der Waals surface area contributed by atoms with Gasteiger partial charge in [-0.15, -0.1) is 11.8 Å². The number of carbonyl (C=O) groups is 2. The van der Waals surface area contributed by atoms with E-state index in [0.29, 0.717) is 5.82 Å². The van der Waals surface area contributed by atoms with E-state index in [0.717, 1.165) is 45.6 Å². The van der Waals surface area contributed by atoms with Gasteiger partial charge in [-0.05, 0) is 50.5 Å². The summed E-state index contributed by atoms with van der Waals surface area (Å²) in [6.07, 6.45) is 0.815. The van der Waals surface area contributed by atoms with Crippen LogP contribution in [0.1, 0.15) is 47.8 Å². The molecular formula is C32H34N4O2S. The van der Waals surface area contributed by atoms with Crippen molar-refractivity contribution in [3.8, 4) is 16.9 Å². The number of hydrogen-bond acceptors (Lipinski definition) is 4. The van der Waals surface area contributed by atoms with Gasteiger partial charge < -0.3 is 5.32 Å². The summed E-state index contributed by atoms with van der Waals surface area (Å²) in [6.45, 7) is 8.06. The predicted molar refractivity (Wildman–Crippen MR) is 159 cm³/mol. The molecule has 7 heteroatoms. The molecule has 0 fully saturated rings. The van der Waals surface area contributed by atoms with Crippen LogP contribution in [0, 0.1) is 13.8 Å². The van der Waals surface area contributed by atoms with Gasteiger partial charge in [0.25, 0.3) is 0 Å². The average molecular weight is 539 g/mol. The Morgan fingerprint density at radius 1 is 1.03 bits per heavy atom. The maximum atomic E-state index is 13.8. The number of rotatable bonds is 7. The first-order chi connectivity index (χ1) is 18.9. The van der Waals surface area contributed by atoms with Crippen LogP contribution >= 0.6 is 11.8 Å². The van der Waals surface area contributed by atoms with Gasteiger partial charge in [0.15, 0.2) is 0 Å². The number of nitrogens with one attached hydrogen (secondary N) is 1. The molecule has 39 heavy (non-hydrogen) atoms. The minimum atomic E-state index is -0.180. The van der Waals surface area contributed by atoms with E-state index in [-0.39, 0.29) is 35.4 Å². The molecule has 200 valence electrons. The number of anilines is 1. The predicted octanol–water partition coefficient (Wildman–Crippen LogP) is 6.24. The summed E-state index contributed by atoms with van der Waals surface area (Å²) in [5.74, 6) is 0.622. The highest BCUT2D eigenvalue weighted by Gasteiger charge is 2.37. The molecule has 1 N–H and O–H groups in total. The topological polar surface area (TPSA) is 67.2 Å². The molecule has 0 spiro atoms. The first kappa shape index (κ1) is 26.8. The van der Waals surface area contributed by atoms with Crippen LogP contribution in [0.2, 0.25) is 0 Å². The smallest absolute Gasteiger partial charge is 0.240 e. The van der Waals surface area contributed by atoms with Crippen molar-refractivity contribution in [2.45, 2.75) is 45.4 Å². The van der Waals surface area contributed by atoms with E-state index < -0.39 is 0 Å². The van der Waals surface area contributed by atoms with E-state index in [1.165, 1.54) is 0 Å². The van der Waals surface area contributed by atoms with Crippen molar-refractivity contribution >= 4 is 29.4 Å². The number of aryl methyl sites for hydroxylation is 2. The number of fused-ring (bicyclic) bond motifs is 1. The van der Waals surface area contributed by atoms with Crippen LogP contribution in [-0.2, 0) is 9.59 Å². The standard InChI is InChI=1S/C32H34N4O2S/c1-5-23(4)33-27(37)19-35-28(38)20-39-31(25-15-9-11-21(2)17-25)29-30(24-13-7-6-8-14-24)34-36(32(29)35)26-16-10-12-22(3)18-26/h6-18,23,31H,5,19-20H2,1-4H3,(H,33,37)/t23-,31-/m0/s1. The average Bonchev–Trinajstić information content (AvgIpc) is 3.26. The van der Waals surface area contributed by atoms with Crippen molar-refractivity contribution < 1.29 is 9.59 Å². The molecule has 1 aliphatic rings. The largest absolute Gasteiger partial charge is 0.352 e. The number of carbonyl (C=O) groups excluding carboxylic acids is 2. The molecule has 5 rings (SSSR count). The second-order valence-electron chi connectivity index (χ2n) is 10.2. The third-order valence-electron chi connectivity index (χ3n) is 7.05. The maximum absolute atomic E-state index is 13.8. The second-order valence-corrected chi connectivity index (χ2v) is 11.3. The lowest BCUT2D eigenvalue weighted by Gasteiger charge is -2.24. The van der Waals surface area contributed by atoms with Gasteiger partial charge in [-0.2, -0.15) is 5.10 Å². The minimum absolute atomic E-state index is 0.0232. The number of thioether (sulfide) groups is 1. The summed E-state index contributed by atoms with van der Waals surface area (Å²) in [5.41, 5.74) is 6.93.